The zero-order chi connectivity index (χ0) is 15.4. The topological polar surface area (TPSA) is 75.7 Å². The highest BCUT2D eigenvalue weighted by Gasteiger charge is 2.33. The molecule has 1 saturated heterocycles. The van der Waals surface area contributed by atoms with E-state index in [2.05, 4.69) is 5.32 Å². The summed E-state index contributed by atoms with van der Waals surface area (Å²) in [6.45, 7) is 3.40. The zero-order valence-corrected chi connectivity index (χ0v) is 12.0. The molecule has 6 nitrogen and oxygen atoms in total. The van der Waals surface area contributed by atoms with Crippen molar-refractivity contribution in [1.82, 2.24) is 10.2 Å². The number of ether oxygens (including phenoxy) is 1. The number of carbonyl (C=O) groups is 3. The normalized spacial score (nSPS) is 16.0. The first-order valence-corrected chi connectivity index (χ1v) is 6.81. The summed E-state index contributed by atoms with van der Waals surface area (Å²) in [5, 5.41) is 2.86. The smallest absolute Gasteiger partial charge is 0.417 e. The predicted octanol–water partition coefficient (Wildman–Crippen LogP) is 1.48. The van der Waals surface area contributed by atoms with Gasteiger partial charge in [0.25, 0.3) is 5.91 Å². The summed E-state index contributed by atoms with van der Waals surface area (Å²) >= 11 is 0. The summed E-state index contributed by atoms with van der Waals surface area (Å²) in [5.41, 5.74) is 0.832. The Balaban J connectivity index is 2.18. The van der Waals surface area contributed by atoms with E-state index in [0.717, 1.165) is 10.5 Å². The van der Waals surface area contributed by atoms with Crippen molar-refractivity contribution in [3.8, 4) is 0 Å². The van der Waals surface area contributed by atoms with Crippen LogP contribution >= 0.6 is 0 Å². The van der Waals surface area contributed by atoms with Crippen LogP contribution in [0.5, 0.6) is 0 Å². The number of carbonyl (C=O) groups excluding carboxylic acids is 3. The van der Waals surface area contributed by atoms with Gasteiger partial charge in [-0.15, -0.1) is 0 Å². The van der Waals surface area contributed by atoms with Gasteiger partial charge in [-0.1, -0.05) is 44.2 Å². The Bertz CT molecular complexity index is 526. The van der Waals surface area contributed by atoms with E-state index >= 15 is 0 Å². The SMILES string of the molecule is CC(C)C(=O)NC(CN1C(=O)COC1=O)c1ccccc1. The lowest BCUT2D eigenvalue weighted by atomic mass is 10.1. The fourth-order valence-electron chi connectivity index (χ4n) is 2.00. The zero-order valence-electron chi connectivity index (χ0n) is 12.0. The Morgan fingerprint density at radius 2 is 1.95 bits per heavy atom. The summed E-state index contributed by atoms with van der Waals surface area (Å²) in [7, 11) is 0. The van der Waals surface area contributed by atoms with Gasteiger partial charge < -0.3 is 10.1 Å². The summed E-state index contributed by atoms with van der Waals surface area (Å²) in [4.78, 5) is 36.1. The molecule has 0 saturated carbocycles. The first-order chi connectivity index (χ1) is 9.99. The van der Waals surface area contributed by atoms with Gasteiger partial charge in [-0.3, -0.25) is 9.59 Å². The van der Waals surface area contributed by atoms with Crippen molar-refractivity contribution in [3.63, 3.8) is 0 Å². The van der Waals surface area contributed by atoms with Gasteiger partial charge in [-0.05, 0) is 5.56 Å². The Labute approximate surface area is 123 Å². The summed E-state index contributed by atoms with van der Waals surface area (Å²) in [6, 6.07) is 8.78. The van der Waals surface area contributed by atoms with E-state index in [1.54, 1.807) is 13.8 Å². The van der Waals surface area contributed by atoms with Crippen LogP contribution in [0.3, 0.4) is 0 Å². The fraction of sp³-hybridized carbons (Fsp3) is 0.400. The molecule has 3 amide bonds. The predicted molar refractivity (Wildman–Crippen MR) is 75.2 cm³/mol. The maximum atomic E-state index is 11.9. The van der Waals surface area contributed by atoms with Gasteiger partial charge in [0.15, 0.2) is 6.61 Å². The Morgan fingerprint density at radius 1 is 1.29 bits per heavy atom. The molecule has 0 aromatic heterocycles. The minimum absolute atomic E-state index is 0.0696. The molecule has 0 bridgehead atoms. The van der Waals surface area contributed by atoms with Crippen molar-refractivity contribution in [2.45, 2.75) is 19.9 Å². The number of benzene rings is 1. The van der Waals surface area contributed by atoms with Crippen LogP contribution in [0.1, 0.15) is 25.5 Å². The van der Waals surface area contributed by atoms with Crippen LogP contribution in [0.2, 0.25) is 0 Å². The number of cyclic esters (lactones) is 1. The monoisotopic (exact) mass is 290 g/mol. The van der Waals surface area contributed by atoms with Gasteiger partial charge in [0.1, 0.15) is 0 Å². The maximum Gasteiger partial charge on any atom is 0.417 e. The van der Waals surface area contributed by atoms with Crippen LogP contribution in [-0.4, -0.2) is 36.0 Å². The van der Waals surface area contributed by atoms with Crippen LogP contribution in [-0.2, 0) is 14.3 Å². The van der Waals surface area contributed by atoms with E-state index in [-0.39, 0.29) is 30.9 Å². The molecule has 1 unspecified atom stereocenters. The minimum atomic E-state index is -0.667. The number of hydrogen-bond donors (Lipinski definition) is 1. The molecule has 1 atom stereocenters. The maximum absolute atomic E-state index is 11.9. The molecule has 1 N–H and O–H groups in total. The molecule has 0 radical (unpaired) electrons. The van der Waals surface area contributed by atoms with Gasteiger partial charge in [0, 0.05) is 5.92 Å². The van der Waals surface area contributed by atoms with Gasteiger partial charge in [-0.2, -0.15) is 0 Å². The van der Waals surface area contributed by atoms with Crippen LogP contribution in [0, 0.1) is 5.92 Å². The highest BCUT2D eigenvalue weighted by atomic mass is 16.6. The third-order valence-corrected chi connectivity index (χ3v) is 3.25. The molecule has 2 rings (SSSR count). The molecule has 1 aromatic carbocycles. The van der Waals surface area contributed by atoms with Gasteiger partial charge in [0.2, 0.25) is 5.91 Å². The average molecular weight is 290 g/mol. The molecule has 1 fully saturated rings. The van der Waals surface area contributed by atoms with E-state index in [1.165, 1.54) is 0 Å². The first-order valence-electron chi connectivity index (χ1n) is 6.81. The van der Waals surface area contributed by atoms with E-state index in [4.69, 9.17) is 4.74 Å². The third kappa shape index (κ3) is 3.59. The van der Waals surface area contributed by atoms with Gasteiger partial charge in [0.05, 0.1) is 12.6 Å². The lowest BCUT2D eigenvalue weighted by Crippen LogP contribution is -2.41. The van der Waals surface area contributed by atoms with Crippen molar-refractivity contribution in [3.05, 3.63) is 35.9 Å². The molecule has 0 spiro atoms. The molecule has 1 aliphatic heterocycles. The number of amides is 3. The lowest BCUT2D eigenvalue weighted by Gasteiger charge is -2.23. The molecule has 21 heavy (non-hydrogen) atoms. The molecular formula is C15H18N2O4. The summed E-state index contributed by atoms with van der Waals surface area (Å²) in [5.74, 6) is -0.707. The molecule has 112 valence electrons. The number of nitrogens with one attached hydrogen (secondary N) is 1. The highest BCUT2D eigenvalue weighted by Crippen LogP contribution is 2.18. The van der Waals surface area contributed by atoms with Gasteiger partial charge in [-0.25, -0.2) is 9.69 Å². The number of hydrogen-bond acceptors (Lipinski definition) is 4. The second-order valence-electron chi connectivity index (χ2n) is 5.19. The Kier molecular flexibility index (Phi) is 4.57. The van der Waals surface area contributed by atoms with Crippen molar-refractivity contribution < 1.29 is 19.1 Å². The molecular weight excluding hydrogens is 272 g/mol. The molecule has 1 heterocycles. The summed E-state index contributed by atoms with van der Waals surface area (Å²) < 4.78 is 4.69. The lowest BCUT2D eigenvalue weighted by molar-refractivity contribution is -0.128. The molecule has 1 aromatic rings. The Hall–Kier alpha value is -2.37. The number of nitrogens with zero attached hydrogens (tertiary/aromatic N) is 1. The first kappa shape index (κ1) is 15.0. The molecule has 1 aliphatic rings. The molecule has 0 aliphatic carbocycles. The van der Waals surface area contributed by atoms with Crippen molar-refractivity contribution >= 4 is 17.9 Å². The quantitative estimate of drug-likeness (QED) is 0.891. The van der Waals surface area contributed by atoms with E-state index < -0.39 is 12.1 Å². The number of imide groups is 1. The second kappa shape index (κ2) is 6.39. The third-order valence-electron chi connectivity index (χ3n) is 3.25. The van der Waals surface area contributed by atoms with E-state index in [1.807, 2.05) is 30.3 Å². The second-order valence-corrected chi connectivity index (χ2v) is 5.19. The van der Waals surface area contributed by atoms with Crippen molar-refractivity contribution in [2.75, 3.05) is 13.2 Å². The highest BCUT2D eigenvalue weighted by molar-refractivity contribution is 5.97. The van der Waals surface area contributed by atoms with Gasteiger partial charge >= 0.3 is 6.09 Å². The molecule has 6 heteroatoms. The number of rotatable bonds is 5. The van der Waals surface area contributed by atoms with Crippen LogP contribution in [0.25, 0.3) is 0 Å². The fourth-order valence-corrected chi connectivity index (χ4v) is 2.00. The standard InChI is InChI=1S/C15H18N2O4/c1-10(2)14(19)16-12(11-6-4-3-5-7-11)8-17-13(18)9-21-15(17)20/h3-7,10,12H,8-9H2,1-2H3,(H,16,19). The van der Waals surface area contributed by atoms with E-state index in [0.29, 0.717) is 0 Å². The summed E-state index contributed by atoms with van der Waals surface area (Å²) in [6.07, 6.45) is -0.667. The van der Waals surface area contributed by atoms with Crippen molar-refractivity contribution in [1.29, 1.82) is 0 Å². The van der Waals surface area contributed by atoms with Crippen LogP contribution in [0.4, 0.5) is 4.79 Å². The average Bonchev–Trinajstić information content (AvgIpc) is 2.79. The van der Waals surface area contributed by atoms with E-state index in [9.17, 15) is 14.4 Å². The van der Waals surface area contributed by atoms with Crippen LogP contribution in [0.15, 0.2) is 30.3 Å². The van der Waals surface area contributed by atoms with Crippen LogP contribution < -0.4 is 5.32 Å². The largest absolute Gasteiger partial charge is 0.439 e. The van der Waals surface area contributed by atoms with Crippen molar-refractivity contribution in [2.24, 2.45) is 5.92 Å². The minimum Gasteiger partial charge on any atom is -0.439 e. The Morgan fingerprint density at radius 3 is 2.48 bits per heavy atom.